The Bertz CT molecular complexity index is 839. The molecule has 0 aliphatic carbocycles. The van der Waals surface area contributed by atoms with Gasteiger partial charge in [0, 0.05) is 37.4 Å². The lowest BCUT2D eigenvalue weighted by Gasteiger charge is -2.42. The van der Waals surface area contributed by atoms with E-state index in [4.69, 9.17) is 4.98 Å². The van der Waals surface area contributed by atoms with E-state index in [2.05, 4.69) is 65.6 Å². The first-order valence-corrected chi connectivity index (χ1v) is 8.61. The molecule has 124 valence electrons. The molecule has 4 rings (SSSR count). The van der Waals surface area contributed by atoms with Crippen LogP contribution in [0.2, 0.25) is 0 Å². The van der Waals surface area contributed by atoms with Crippen molar-refractivity contribution in [1.29, 1.82) is 0 Å². The minimum Gasteiger partial charge on any atom is -0.322 e. The summed E-state index contributed by atoms with van der Waals surface area (Å²) in [5.74, 6) is 1.19. The van der Waals surface area contributed by atoms with Crippen LogP contribution in [0.1, 0.15) is 38.2 Å². The van der Waals surface area contributed by atoms with Crippen LogP contribution in [0.4, 0.5) is 0 Å². The van der Waals surface area contributed by atoms with E-state index in [0.717, 1.165) is 25.2 Å². The normalized spacial score (nSPS) is 16.5. The number of benzene rings is 1. The van der Waals surface area contributed by atoms with Gasteiger partial charge in [0.15, 0.2) is 0 Å². The van der Waals surface area contributed by atoms with E-state index in [1.54, 1.807) is 0 Å². The van der Waals surface area contributed by atoms with Crippen LogP contribution in [0.25, 0.3) is 11.0 Å². The highest BCUT2D eigenvalue weighted by Gasteiger charge is 2.33. The van der Waals surface area contributed by atoms with Gasteiger partial charge in [0.2, 0.25) is 0 Å². The second-order valence-electron chi connectivity index (χ2n) is 7.75. The average Bonchev–Trinajstić information content (AvgIpc) is 2.91. The summed E-state index contributed by atoms with van der Waals surface area (Å²) in [6.45, 7) is 9.85. The van der Waals surface area contributed by atoms with E-state index in [1.165, 1.54) is 16.9 Å². The third kappa shape index (κ3) is 2.71. The largest absolute Gasteiger partial charge is 0.322 e. The summed E-state index contributed by atoms with van der Waals surface area (Å²) in [6, 6.07) is 13.2. The Morgan fingerprint density at radius 1 is 1.08 bits per heavy atom. The third-order valence-corrected chi connectivity index (χ3v) is 4.70. The van der Waals surface area contributed by atoms with Crippen LogP contribution in [-0.4, -0.2) is 32.5 Å². The predicted octanol–water partition coefficient (Wildman–Crippen LogP) is 3.79. The molecule has 1 saturated heterocycles. The number of fused-ring (bicyclic) bond motifs is 1. The van der Waals surface area contributed by atoms with Crippen LogP contribution >= 0.6 is 0 Å². The van der Waals surface area contributed by atoms with Crippen molar-refractivity contribution in [2.24, 2.45) is 0 Å². The van der Waals surface area contributed by atoms with Gasteiger partial charge in [-0.05, 0) is 23.8 Å². The zero-order chi connectivity index (χ0) is 16.7. The number of likely N-dealkylation sites (tertiary alicyclic amines) is 1. The Morgan fingerprint density at radius 3 is 2.58 bits per heavy atom. The fraction of sp³-hybridized carbons (Fsp3) is 0.400. The summed E-state index contributed by atoms with van der Waals surface area (Å²) in [6.07, 6.45) is 3.79. The molecule has 0 unspecified atom stereocenters. The standard InChI is InChI=1S/C20H24N4/c1-20(2,3)19-22-17-8-4-5-9-18(17)24(19)16-13-23(14-16)12-15-7-6-10-21-11-15/h4-11,16H,12-14H2,1-3H3. The topological polar surface area (TPSA) is 34.0 Å². The molecule has 0 amide bonds. The van der Waals surface area contributed by atoms with Crippen LogP contribution in [0.5, 0.6) is 0 Å². The molecular weight excluding hydrogens is 296 g/mol. The predicted molar refractivity (Wildman–Crippen MR) is 97.0 cm³/mol. The molecule has 0 atom stereocenters. The molecule has 0 spiro atoms. The highest BCUT2D eigenvalue weighted by molar-refractivity contribution is 5.76. The van der Waals surface area contributed by atoms with Crippen molar-refractivity contribution < 1.29 is 0 Å². The molecule has 24 heavy (non-hydrogen) atoms. The Hall–Kier alpha value is -2.20. The van der Waals surface area contributed by atoms with Gasteiger partial charge in [-0.15, -0.1) is 0 Å². The molecule has 3 aromatic rings. The van der Waals surface area contributed by atoms with Crippen molar-refractivity contribution in [2.45, 2.75) is 38.8 Å². The van der Waals surface area contributed by atoms with Crippen LogP contribution in [-0.2, 0) is 12.0 Å². The highest BCUT2D eigenvalue weighted by atomic mass is 15.3. The minimum absolute atomic E-state index is 0.0444. The lowest BCUT2D eigenvalue weighted by molar-refractivity contribution is 0.0975. The summed E-state index contributed by atoms with van der Waals surface area (Å²) in [7, 11) is 0. The van der Waals surface area contributed by atoms with Gasteiger partial charge in [-0.3, -0.25) is 9.88 Å². The van der Waals surface area contributed by atoms with E-state index >= 15 is 0 Å². The lowest BCUT2D eigenvalue weighted by atomic mass is 9.94. The zero-order valence-electron chi connectivity index (χ0n) is 14.6. The number of aromatic nitrogens is 3. The van der Waals surface area contributed by atoms with Crippen molar-refractivity contribution in [3.63, 3.8) is 0 Å². The van der Waals surface area contributed by atoms with E-state index in [-0.39, 0.29) is 5.41 Å². The number of rotatable bonds is 3. The molecule has 1 fully saturated rings. The molecule has 1 aliphatic rings. The van der Waals surface area contributed by atoms with Crippen LogP contribution < -0.4 is 0 Å². The summed E-state index contributed by atoms with van der Waals surface area (Å²) >= 11 is 0. The minimum atomic E-state index is 0.0444. The first kappa shape index (κ1) is 15.3. The van der Waals surface area contributed by atoms with Gasteiger partial charge < -0.3 is 4.57 Å². The van der Waals surface area contributed by atoms with Crippen molar-refractivity contribution >= 4 is 11.0 Å². The fourth-order valence-electron chi connectivity index (χ4n) is 3.53. The summed E-state index contributed by atoms with van der Waals surface area (Å²) in [5.41, 5.74) is 3.69. The van der Waals surface area contributed by atoms with E-state index in [1.807, 2.05) is 18.5 Å². The number of hydrogen-bond acceptors (Lipinski definition) is 3. The Kier molecular flexibility index (Phi) is 3.65. The number of hydrogen-bond donors (Lipinski definition) is 0. The summed E-state index contributed by atoms with van der Waals surface area (Å²) in [5, 5.41) is 0. The molecule has 0 N–H and O–H groups in total. The zero-order valence-corrected chi connectivity index (χ0v) is 14.6. The van der Waals surface area contributed by atoms with Crippen LogP contribution in [0.3, 0.4) is 0 Å². The van der Waals surface area contributed by atoms with Crippen LogP contribution in [0, 0.1) is 0 Å². The lowest BCUT2D eigenvalue weighted by Crippen LogP contribution is -2.48. The molecule has 4 nitrogen and oxygen atoms in total. The molecule has 0 bridgehead atoms. The molecular formula is C20H24N4. The monoisotopic (exact) mass is 320 g/mol. The van der Waals surface area contributed by atoms with Gasteiger partial charge in [0.25, 0.3) is 0 Å². The molecule has 4 heteroatoms. The number of nitrogens with zero attached hydrogens (tertiary/aromatic N) is 4. The maximum absolute atomic E-state index is 4.93. The third-order valence-electron chi connectivity index (χ3n) is 4.70. The van der Waals surface area contributed by atoms with Crippen LogP contribution in [0.15, 0.2) is 48.8 Å². The van der Waals surface area contributed by atoms with Gasteiger partial charge in [-0.25, -0.2) is 4.98 Å². The Morgan fingerprint density at radius 2 is 1.88 bits per heavy atom. The van der Waals surface area contributed by atoms with Gasteiger partial charge in [0.1, 0.15) is 5.82 Å². The molecule has 1 aromatic carbocycles. The quantitative estimate of drug-likeness (QED) is 0.736. The van der Waals surface area contributed by atoms with Gasteiger partial charge in [-0.2, -0.15) is 0 Å². The Balaban J connectivity index is 1.59. The molecule has 0 radical (unpaired) electrons. The van der Waals surface area contributed by atoms with Gasteiger partial charge >= 0.3 is 0 Å². The van der Waals surface area contributed by atoms with E-state index < -0.39 is 0 Å². The van der Waals surface area contributed by atoms with Gasteiger partial charge in [-0.1, -0.05) is 39.0 Å². The van der Waals surface area contributed by atoms with E-state index in [9.17, 15) is 0 Å². The van der Waals surface area contributed by atoms with Crippen molar-refractivity contribution in [2.75, 3.05) is 13.1 Å². The smallest absolute Gasteiger partial charge is 0.115 e. The first-order valence-electron chi connectivity index (χ1n) is 8.61. The maximum atomic E-state index is 4.93. The SMILES string of the molecule is CC(C)(C)c1nc2ccccc2n1C1CN(Cc2cccnc2)C1. The molecule has 3 heterocycles. The summed E-state index contributed by atoms with van der Waals surface area (Å²) in [4.78, 5) is 11.6. The van der Waals surface area contributed by atoms with Crippen molar-refractivity contribution in [3.8, 4) is 0 Å². The maximum Gasteiger partial charge on any atom is 0.115 e. The average molecular weight is 320 g/mol. The van der Waals surface area contributed by atoms with E-state index in [0.29, 0.717) is 6.04 Å². The number of imidazole rings is 1. The fourth-order valence-corrected chi connectivity index (χ4v) is 3.53. The molecule has 1 aliphatic heterocycles. The second kappa shape index (κ2) is 5.71. The Labute approximate surface area is 143 Å². The first-order chi connectivity index (χ1) is 11.5. The number of pyridine rings is 1. The number of para-hydroxylation sites is 2. The second-order valence-corrected chi connectivity index (χ2v) is 7.75. The molecule has 0 saturated carbocycles. The summed E-state index contributed by atoms with van der Waals surface area (Å²) < 4.78 is 2.47. The van der Waals surface area contributed by atoms with Crippen molar-refractivity contribution in [1.82, 2.24) is 19.4 Å². The molecule has 2 aromatic heterocycles. The van der Waals surface area contributed by atoms with Crippen molar-refractivity contribution in [3.05, 3.63) is 60.2 Å². The van der Waals surface area contributed by atoms with Gasteiger partial charge in [0.05, 0.1) is 17.1 Å². The highest BCUT2D eigenvalue weighted by Crippen LogP contribution is 2.33.